The summed E-state index contributed by atoms with van der Waals surface area (Å²) in [6.07, 6.45) is 3.20. The number of benzene rings is 1. The molecular formula is C18H17FN4O. The summed E-state index contributed by atoms with van der Waals surface area (Å²) in [5, 5.41) is 7.06. The fourth-order valence-electron chi connectivity index (χ4n) is 2.44. The smallest absolute Gasteiger partial charge is 0.255 e. The van der Waals surface area contributed by atoms with Gasteiger partial charge in [-0.2, -0.15) is 5.10 Å². The Bertz CT molecular complexity index is 874. The van der Waals surface area contributed by atoms with Crippen molar-refractivity contribution in [2.24, 2.45) is 0 Å². The number of halogens is 1. The van der Waals surface area contributed by atoms with Crippen molar-refractivity contribution in [1.82, 2.24) is 20.1 Å². The van der Waals surface area contributed by atoms with Crippen LogP contribution in [0.25, 0.3) is 5.82 Å². The van der Waals surface area contributed by atoms with Crippen molar-refractivity contribution >= 4 is 5.91 Å². The fraction of sp³-hybridized carbons (Fsp3) is 0.167. The number of hydrogen-bond acceptors (Lipinski definition) is 3. The van der Waals surface area contributed by atoms with E-state index in [1.807, 2.05) is 25.1 Å². The number of amides is 1. The molecule has 0 atom stereocenters. The lowest BCUT2D eigenvalue weighted by molar-refractivity contribution is 0.0950. The molecule has 1 N–H and O–H groups in total. The van der Waals surface area contributed by atoms with E-state index >= 15 is 0 Å². The summed E-state index contributed by atoms with van der Waals surface area (Å²) in [4.78, 5) is 16.6. The third-order valence-corrected chi connectivity index (χ3v) is 3.80. The van der Waals surface area contributed by atoms with Crippen LogP contribution in [0.5, 0.6) is 0 Å². The van der Waals surface area contributed by atoms with Crippen LogP contribution in [0.1, 0.15) is 27.2 Å². The molecule has 0 spiro atoms. The summed E-state index contributed by atoms with van der Waals surface area (Å²) in [6.45, 7) is 3.84. The van der Waals surface area contributed by atoms with E-state index in [0.29, 0.717) is 29.2 Å². The van der Waals surface area contributed by atoms with E-state index in [-0.39, 0.29) is 11.7 Å². The topological polar surface area (TPSA) is 59.8 Å². The number of hydrogen-bond donors (Lipinski definition) is 1. The van der Waals surface area contributed by atoms with Gasteiger partial charge in [0, 0.05) is 12.7 Å². The maximum absolute atomic E-state index is 13.3. The van der Waals surface area contributed by atoms with Crippen molar-refractivity contribution in [3.8, 4) is 5.82 Å². The van der Waals surface area contributed by atoms with Gasteiger partial charge in [0.25, 0.3) is 5.91 Å². The minimum atomic E-state index is -0.252. The summed E-state index contributed by atoms with van der Waals surface area (Å²) >= 11 is 0. The molecule has 24 heavy (non-hydrogen) atoms. The third kappa shape index (κ3) is 3.17. The summed E-state index contributed by atoms with van der Waals surface area (Å²) in [6, 6.07) is 10.3. The summed E-state index contributed by atoms with van der Waals surface area (Å²) in [5.74, 6) is 0.178. The minimum Gasteiger partial charge on any atom is -0.348 e. The molecule has 0 unspecified atom stereocenters. The first-order valence-corrected chi connectivity index (χ1v) is 7.55. The van der Waals surface area contributed by atoms with E-state index in [9.17, 15) is 9.18 Å². The summed E-state index contributed by atoms with van der Waals surface area (Å²) in [5.41, 5.74) is 2.60. The monoisotopic (exact) mass is 324 g/mol. The first-order valence-electron chi connectivity index (χ1n) is 7.55. The second kappa shape index (κ2) is 6.62. The molecule has 2 aromatic heterocycles. The van der Waals surface area contributed by atoms with Crippen molar-refractivity contribution in [3.05, 3.63) is 77.0 Å². The van der Waals surface area contributed by atoms with E-state index in [1.165, 1.54) is 12.3 Å². The number of pyridine rings is 1. The Labute approximate surface area is 139 Å². The first-order chi connectivity index (χ1) is 11.6. The maximum atomic E-state index is 13.3. The van der Waals surface area contributed by atoms with Crippen molar-refractivity contribution < 1.29 is 9.18 Å². The average molecular weight is 324 g/mol. The van der Waals surface area contributed by atoms with Gasteiger partial charge in [-0.15, -0.1) is 0 Å². The van der Waals surface area contributed by atoms with Crippen LogP contribution >= 0.6 is 0 Å². The number of nitrogens with one attached hydrogen (secondary N) is 1. The number of aryl methyl sites for hydroxylation is 1. The van der Waals surface area contributed by atoms with Gasteiger partial charge in [0.15, 0.2) is 5.82 Å². The Morgan fingerprint density at radius 2 is 2.08 bits per heavy atom. The van der Waals surface area contributed by atoms with Crippen LogP contribution in [0.2, 0.25) is 0 Å². The van der Waals surface area contributed by atoms with Gasteiger partial charge in [0.05, 0.1) is 17.5 Å². The molecule has 0 fully saturated rings. The molecule has 2 heterocycles. The molecule has 3 aromatic rings. The van der Waals surface area contributed by atoms with E-state index in [4.69, 9.17) is 0 Å². The standard InChI is InChI=1S/C18H17FN4O/c1-12-9-14(6-7-16(12)19)10-21-18(24)15-11-22-23(13(15)2)17-5-3-4-8-20-17/h3-9,11H,10H2,1-2H3,(H,21,24). The average Bonchev–Trinajstić information content (AvgIpc) is 2.98. The highest BCUT2D eigenvalue weighted by Gasteiger charge is 2.15. The van der Waals surface area contributed by atoms with E-state index in [2.05, 4.69) is 15.4 Å². The molecule has 1 amide bonds. The van der Waals surface area contributed by atoms with Gasteiger partial charge in [-0.05, 0) is 43.2 Å². The van der Waals surface area contributed by atoms with Crippen LogP contribution in [-0.4, -0.2) is 20.7 Å². The molecule has 1 aromatic carbocycles. The van der Waals surface area contributed by atoms with E-state index in [1.54, 1.807) is 29.9 Å². The normalized spacial score (nSPS) is 10.6. The molecule has 5 nitrogen and oxygen atoms in total. The Balaban J connectivity index is 1.74. The van der Waals surface area contributed by atoms with E-state index < -0.39 is 0 Å². The van der Waals surface area contributed by atoms with Crippen LogP contribution in [0.4, 0.5) is 4.39 Å². The van der Waals surface area contributed by atoms with Gasteiger partial charge < -0.3 is 5.32 Å². The predicted molar refractivity (Wildman–Crippen MR) is 88.4 cm³/mol. The number of rotatable bonds is 4. The largest absolute Gasteiger partial charge is 0.348 e. The fourth-order valence-corrected chi connectivity index (χ4v) is 2.44. The Morgan fingerprint density at radius 3 is 2.79 bits per heavy atom. The van der Waals surface area contributed by atoms with E-state index in [0.717, 1.165) is 5.56 Å². The molecule has 0 radical (unpaired) electrons. The van der Waals surface area contributed by atoms with Crippen molar-refractivity contribution in [2.75, 3.05) is 0 Å². The molecule has 3 rings (SSSR count). The highest BCUT2D eigenvalue weighted by atomic mass is 19.1. The number of carbonyl (C=O) groups is 1. The maximum Gasteiger partial charge on any atom is 0.255 e. The zero-order valence-electron chi connectivity index (χ0n) is 13.5. The van der Waals surface area contributed by atoms with Crippen LogP contribution in [0, 0.1) is 19.7 Å². The molecule has 0 aliphatic rings. The van der Waals surface area contributed by atoms with Crippen LogP contribution in [0.15, 0.2) is 48.8 Å². The lowest BCUT2D eigenvalue weighted by Gasteiger charge is -2.07. The highest BCUT2D eigenvalue weighted by Crippen LogP contribution is 2.13. The minimum absolute atomic E-state index is 0.225. The summed E-state index contributed by atoms with van der Waals surface area (Å²) < 4.78 is 14.9. The second-order valence-electron chi connectivity index (χ2n) is 5.51. The first kappa shape index (κ1) is 15.9. The van der Waals surface area contributed by atoms with Gasteiger partial charge in [-0.25, -0.2) is 14.1 Å². The molecule has 0 aliphatic carbocycles. The molecular weight excluding hydrogens is 307 g/mol. The van der Waals surface area contributed by atoms with Crippen LogP contribution in [0.3, 0.4) is 0 Å². The SMILES string of the molecule is Cc1cc(CNC(=O)c2cnn(-c3ccccn3)c2C)ccc1F. The van der Waals surface area contributed by atoms with Crippen molar-refractivity contribution in [2.45, 2.75) is 20.4 Å². The van der Waals surface area contributed by atoms with Gasteiger partial charge in [-0.3, -0.25) is 4.79 Å². The Morgan fingerprint density at radius 1 is 1.25 bits per heavy atom. The molecule has 6 heteroatoms. The number of nitrogens with zero attached hydrogens (tertiary/aromatic N) is 3. The van der Waals surface area contributed by atoms with Gasteiger partial charge in [0.1, 0.15) is 5.82 Å². The Hall–Kier alpha value is -3.02. The van der Waals surface area contributed by atoms with Gasteiger partial charge in [0.2, 0.25) is 0 Å². The van der Waals surface area contributed by atoms with Gasteiger partial charge in [-0.1, -0.05) is 18.2 Å². The highest BCUT2D eigenvalue weighted by molar-refractivity contribution is 5.95. The quantitative estimate of drug-likeness (QED) is 0.803. The Kier molecular flexibility index (Phi) is 4.37. The zero-order chi connectivity index (χ0) is 17.1. The molecule has 0 aliphatic heterocycles. The van der Waals surface area contributed by atoms with Crippen LogP contribution < -0.4 is 5.32 Å². The van der Waals surface area contributed by atoms with Crippen molar-refractivity contribution in [1.29, 1.82) is 0 Å². The molecule has 0 saturated carbocycles. The predicted octanol–water partition coefficient (Wildman–Crippen LogP) is 2.95. The molecule has 0 saturated heterocycles. The molecule has 122 valence electrons. The van der Waals surface area contributed by atoms with Crippen LogP contribution in [-0.2, 0) is 6.54 Å². The third-order valence-electron chi connectivity index (χ3n) is 3.80. The lowest BCUT2D eigenvalue weighted by Crippen LogP contribution is -2.23. The molecule has 0 bridgehead atoms. The number of carbonyl (C=O) groups excluding carboxylic acids is 1. The van der Waals surface area contributed by atoms with Gasteiger partial charge >= 0.3 is 0 Å². The van der Waals surface area contributed by atoms with Crippen molar-refractivity contribution in [3.63, 3.8) is 0 Å². The lowest BCUT2D eigenvalue weighted by atomic mass is 10.1. The second-order valence-corrected chi connectivity index (χ2v) is 5.51. The number of aromatic nitrogens is 3. The zero-order valence-corrected chi connectivity index (χ0v) is 13.5. The summed E-state index contributed by atoms with van der Waals surface area (Å²) in [7, 11) is 0.